The first-order valence-electron chi connectivity index (χ1n) is 9.88. The van der Waals surface area contributed by atoms with Gasteiger partial charge in [-0.3, -0.25) is 4.79 Å². The Morgan fingerprint density at radius 1 is 1.35 bits per heavy atom. The Kier molecular flexibility index (Phi) is 9.89. The van der Waals surface area contributed by atoms with Crippen LogP contribution in [0.25, 0.3) is 0 Å². The van der Waals surface area contributed by atoms with Gasteiger partial charge >= 0.3 is 5.97 Å². The lowest BCUT2D eigenvalue weighted by Crippen LogP contribution is -2.28. The largest absolute Gasteiger partial charge is 0.481 e. The number of allylic oxidation sites excluding steroid dienone is 2. The number of rotatable bonds is 12. The molecule has 0 bridgehead atoms. The second kappa shape index (κ2) is 11.3. The van der Waals surface area contributed by atoms with Crippen LogP contribution >= 0.6 is 0 Å². The van der Waals surface area contributed by atoms with Crippen molar-refractivity contribution >= 4 is 5.97 Å². The molecule has 0 amide bonds. The summed E-state index contributed by atoms with van der Waals surface area (Å²) in [7, 11) is 0. The lowest BCUT2D eigenvalue weighted by Gasteiger charge is -2.29. The quantitative estimate of drug-likeness (QED) is 0.348. The van der Waals surface area contributed by atoms with Gasteiger partial charge in [0.05, 0.1) is 12.2 Å². The third kappa shape index (κ3) is 7.88. The van der Waals surface area contributed by atoms with Gasteiger partial charge in [-0.25, -0.2) is 0 Å². The van der Waals surface area contributed by atoms with Crippen LogP contribution in [0.4, 0.5) is 0 Å². The normalized spacial score (nSPS) is 22.3. The van der Waals surface area contributed by atoms with E-state index >= 15 is 0 Å². The summed E-state index contributed by atoms with van der Waals surface area (Å²) in [6, 6.07) is 0. The van der Waals surface area contributed by atoms with Crippen LogP contribution in [0.5, 0.6) is 0 Å². The molecule has 3 N–H and O–H groups in total. The van der Waals surface area contributed by atoms with Crippen LogP contribution < -0.4 is 0 Å². The summed E-state index contributed by atoms with van der Waals surface area (Å²) >= 11 is 0. The molecule has 26 heavy (non-hydrogen) atoms. The van der Waals surface area contributed by atoms with Crippen LogP contribution in [0.1, 0.15) is 72.1 Å². The van der Waals surface area contributed by atoms with Gasteiger partial charge in [-0.05, 0) is 37.5 Å². The number of carboxylic acid groups (broad SMARTS) is 1. The lowest BCUT2D eigenvalue weighted by atomic mass is 9.80. The molecule has 0 radical (unpaired) electrons. The minimum Gasteiger partial charge on any atom is -0.481 e. The molecule has 0 unspecified atom stereocenters. The van der Waals surface area contributed by atoms with Crippen molar-refractivity contribution in [2.45, 2.75) is 84.3 Å². The van der Waals surface area contributed by atoms with Crippen molar-refractivity contribution in [1.82, 2.24) is 0 Å². The van der Waals surface area contributed by atoms with Crippen LogP contribution in [-0.4, -0.2) is 33.5 Å². The van der Waals surface area contributed by atoms with E-state index in [9.17, 15) is 15.0 Å². The molecule has 148 valence electrons. The van der Waals surface area contributed by atoms with Crippen LogP contribution in [0, 0.1) is 11.3 Å². The van der Waals surface area contributed by atoms with Crippen molar-refractivity contribution in [1.29, 1.82) is 0 Å². The highest BCUT2D eigenvalue weighted by Crippen LogP contribution is 2.33. The maximum atomic E-state index is 10.5. The number of carbonyl (C=O) groups is 1. The van der Waals surface area contributed by atoms with E-state index in [1.54, 1.807) is 0 Å². The highest BCUT2D eigenvalue weighted by molar-refractivity contribution is 5.66. The molecule has 0 saturated carbocycles. The van der Waals surface area contributed by atoms with E-state index in [-0.39, 0.29) is 17.8 Å². The molecule has 1 aliphatic carbocycles. The van der Waals surface area contributed by atoms with E-state index < -0.39 is 18.2 Å². The molecule has 1 rings (SSSR count). The molecule has 0 saturated heterocycles. The maximum absolute atomic E-state index is 10.5. The number of aliphatic carboxylic acids is 1. The molecular weight excluding hydrogens is 328 g/mol. The molecule has 0 fully saturated rings. The molecular formula is C22H36O4. The summed E-state index contributed by atoms with van der Waals surface area (Å²) in [5, 5.41) is 29.4. The average molecular weight is 365 g/mol. The first-order chi connectivity index (χ1) is 12.3. The van der Waals surface area contributed by atoms with Crippen molar-refractivity contribution in [2.75, 3.05) is 0 Å². The predicted molar refractivity (Wildman–Crippen MR) is 106 cm³/mol. The Hall–Kier alpha value is -1.39. The molecule has 0 aromatic carbocycles. The molecule has 0 aromatic rings. The highest BCUT2D eigenvalue weighted by atomic mass is 16.4. The fourth-order valence-electron chi connectivity index (χ4n) is 3.25. The Labute approximate surface area is 158 Å². The number of hydrogen-bond acceptors (Lipinski definition) is 3. The summed E-state index contributed by atoms with van der Waals surface area (Å²) in [4.78, 5) is 10.5. The zero-order valence-corrected chi connectivity index (χ0v) is 16.5. The van der Waals surface area contributed by atoms with Crippen molar-refractivity contribution < 1.29 is 20.1 Å². The summed E-state index contributed by atoms with van der Waals surface area (Å²) in [5.74, 6) is -0.805. The van der Waals surface area contributed by atoms with E-state index in [0.29, 0.717) is 12.8 Å². The van der Waals surface area contributed by atoms with E-state index in [2.05, 4.69) is 26.8 Å². The van der Waals surface area contributed by atoms with Gasteiger partial charge in [-0.15, -0.1) is 0 Å². The van der Waals surface area contributed by atoms with Gasteiger partial charge < -0.3 is 15.3 Å². The maximum Gasteiger partial charge on any atom is 0.303 e. The van der Waals surface area contributed by atoms with E-state index in [1.165, 1.54) is 5.57 Å². The Morgan fingerprint density at radius 2 is 2.08 bits per heavy atom. The van der Waals surface area contributed by atoms with Crippen LogP contribution in [0.3, 0.4) is 0 Å². The SMILES string of the molecule is CCCCC(C)(C)[C@H](O)C=C[C@@H]1C(CC=CCCCC(=O)O)=CC[C@H]1O. The van der Waals surface area contributed by atoms with Crippen molar-refractivity contribution in [3.8, 4) is 0 Å². The molecule has 4 nitrogen and oxygen atoms in total. The third-order valence-corrected chi connectivity index (χ3v) is 5.22. The number of aliphatic hydroxyl groups is 2. The number of hydrogen-bond donors (Lipinski definition) is 3. The van der Waals surface area contributed by atoms with Gasteiger partial charge in [-0.1, -0.05) is 69.6 Å². The molecule has 3 atom stereocenters. The lowest BCUT2D eigenvalue weighted by molar-refractivity contribution is -0.137. The number of aliphatic hydroxyl groups excluding tert-OH is 2. The van der Waals surface area contributed by atoms with E-state index in [1.807, 2.05) is 24.3 Å². The summed E-state index contributed by atoms with van der Waals surface area (Å²) in [5.41, 5.74) is 1.01. The Balaban J connectivity index is 2.54. The van der Waals surface area contributed by atoms with Gasteiger partial charge in [0.15, 0.2) is 0 Å². The fourth-order valence-corrected chi connectivity index (χ4v) is 3.25. The molecule has 0 heterocycles. The number of carboxylic acids is 1. The van der Waals surface area contributed by atoms with Crippen molar-refractivity contribution in [3.05, 3.63) is 36.0 Å². The average Bonchev–Trinajstić information content (AvgIpc) is 2.93. The monoisotopic (exact) mass is 364 g/mol. The van der Waals surface area contributed by atoms with E-state index in [0.717, 1.165) is 32.1 Å². The van der Waals surface area contributed by atoms with Crippen LogP contribution in [0.2, 0.25) is 0 Å². The van der Waals surface area contributed by atoms with Gasteiger partial charge in [-0.2, -0.15) is 0 Å². The molecule has 0 spiro atoms. The van der Waals surface area contributed by atoms with E-state index in [4.69, 9.17) is 5.11 Å². The van der Waals surface area contributed by atoms with Gasteiger partial charge in [0.1, 0.15) is 0 Å². The van der Waals surface area contributed by atoms with Gasteiger partial charge in [0.25, 0.3) is 0 Å². The van der Waals surface area contributed by atoms with Crippen LogP contribution in [0.15, 0.2) is 36.0 Å². The molecule has 0 aliphatic heterocycles. The first kappa shape index (κ1) is 22.7. The molecule has 1 aliphatic rings. The third-order valence-electron chi connectivity index (χ3n) is 5.22. The van der Waals surface area contributed by atoms with Gasteiger partial charge in [0.2, 0.25) is 0 Å². The second-order valence-corrected chi connectivity index (χ2v) is 7.99. The highest BCUT2D eigenvalue weighted by Gasteiger charge is 2.28. The minimum atomic E-state index is -0.759. The number of unbranched alkanes of at least 4 members (excludes halogenated alkanes) is 2. The first-order valence-corrected chi connectivity index (χ1v) is 9.88. The Bertz CT molecular complexity index is 516. The Morgan fingerprint density at radius 3 is 2.73 bits per heavy atom. The summed E-state index contributed by atoms with van der Waals surface area (Å²) < 4.78 is 0. The molecule has 0 aromatic heterocycles. The fraction of sp³-hybridized carbons (Fsp3) is 0.682. The smallest absolute Gasteiger partial charge is 0.303 e. The zero-order valence-electron chi connectivity index (χ0n) is 16.5. The molecule has 4 heteroatoms. The standard InChI is InChI=1S/C22H36O4/c1-4-5-16-22(2,3)20(24)15-13-18-17(12-14-19(18)23)10-8-6-7-9-11-21(25)26/h6,8,12-13,15,18-20,23-24H,4-5,7,9-11,14,16H2,1-3H3,(H,25,26)/t18-,19-,20-/m1/s1. The summed E-state index contributed by atoms with van der Waals surface area (Å²) in [6.45, 7) is 6.32. The zero-order chi connectivity index (χ0) is 19.6. The van der Waals surface area contributed by atoms with Crippen molar-refractivity contribution in [3.63, 3.8) is 0 Å². The van der Waals surface area contributed by atoms with Crippen molar-refractivity contribution in [2.24, 2.45) is 11.3 Å². The van der Waals surface area contributed by atoms with Crippen LogP contribution in [-0.2, 0) is 4.79 Å². The second-order valence-electron chi connectivity index (χ2n) is 7.99. The van der Waals surface area contributed by atoms with Gasteiger partial charge in [0, 0.05) is 12.3 Å². The topological polar surface area (TPSA) is 77.8 Å². The predicted octanol–water partition coefficient (Wildman–Crippen LogP) is 4.63. The summed E-state index contributed by atoms with van der Waals surface area (Å²) in [6.07, 6.45) is 15.2. The minimum absolute atomic E-state index is 0.0460.